The van der Waals surface area contributed by atoms with E-state index in [2.05, 4.69) is 60.0 Å². The lowest BCUT2D eigenvalue weighted by Crippen LogP contribution is -2.12. The second kappa shape index (κ2) is 4.10. The van der Waals surface area contributed by atoms with Crippen molar-refractivity contribution in [3.05, 3.63) is 28.9 Å². The zero-order chi connectivity index (χ0) is 14.7. The quantitative estimate of drug-likeness (QED) is 0.854. The SMILES string of the molecule is CC1(C)C(Nc2c(N)cnc3ccc(Br)cc23)C1(C)C. The van der Waals surface area contributed by atoms with Crippen molar-refractivity contribution in [2.24, 2.45) is 10.8 Å². The van der Waals surface area contributed by atoms with Gasteiger partial charge in [-0.25, -0.2) is 0 Å². The van der Waals surface area contributed by atoms with Gasteiger partial charge in [0.15, 0.2) is 0 Å². The highest BCUT2D eigenvalue weighted by molar-refractivity contribution is 9.10. The predicted octanol–water partition coefficient (Wildman–Crippen LogP) is 4.43. The van der Waals surface area contributed by atoms with Gasteiger partial charge in [0.2, 0.25) is 0 Å². The minimum absolute atomic E-state index is 0.265. The third-order valence-electron chi connectivity index (χ3n) is 5.17. The van der Waals surface area contributed by atoms with Gasteiger partial charge in [-0.15, -0.1) is 0 Å². The van der Waals surface area contributed by atoms with Crippen molar-refractivity contribution in [1.29, 1.82) is 0 Å². The molecule has 1 aliphatic rings. The highest BCUT2D eigenvalue weighted by Gasteiger charge is 2.65. The number of benzene rings is 1. The zero-order valence-corrected chi connectivity index (χ0v) is 13.9. The minimum Gasteiger partial charge on any atom is -0.396 e. The lowest BCUT2D eigenvalue weighted by molar-refractivity contribution is 0.457. The van der Waals surface area contributed by atoms with Crippen LogP contribution >= 0.6 is 15.9 Å². The van der Waals surface area contributed by atoms with Gasteiger partial charge in [0.25, 0.3) is 0 Å². The first kappa shape index (κ1) is 13.7. The van der Waals surface area contributed by atoms with Gasteiger partial charge >= 0.3 is 0 Å². The van der Waals surface area contributed by atoms with Crippen molar-refractivity contribution in [1.82, 2.24) is 4.98 Å². The molecule has 2 aromatic rings. The molecule has 3 nitrogen and oxygen atoms in total. The van der Waals surface area contributed by atoms with Gasteiger partial charge in [0.1, 0.15) is 0 Å². The normalized spacial score (nSPS) is 20.1. The second-order valence-corrected chi connectivity index (χ2v) is 7.69. The van der Waals surface area contributed by atoms with E-state index in [1.165, 1.54) is 0 Å². The molecule has 3 N–H and O–H groups in total. The van der Waals surface area contributed by atoms with Crippen molar-refractivity contribution >= 4 is 38.2 Å². The molecule has 1 fully saturated rings. The van der Waals surface area contributed by atoms with Crippen LogP contribution in [-0.4, -0.2) is 11.0 Å². The molecule has 1 aromatic heterocycles. The Bertz CT molecular complexity index is 672. The monoisotopic (exact) mass is 333 g/mol. The molecular weight excluding hydrogens is 314 g/mol. The van der Waals surface area contributed by atoms with Crippen LogP contribution in [0.3, 0.4) is 0 Å². The van der Waals surface area contributed by atoms with E-state index >= 15 is 0 Å². The van der Waals surface area contributed by atoms with E-state index in [1.54, 1.807) is 6.20 Å². The molecule has 0 bridgehead atoms. The molecular formula is C16H20BrN3. The molecule has 106 valence electrons. The summed E-state index contributed by atoms with van der Waals surface area (Å²) >= 11 is 3.52. The number of hydrogen-bond acceptors (Lipinski definition) is 3. The van der Waals surface area contributed by atoms with Crippen LogP contribution in [0.25, 0.3) is 10.9 Å². The third kappa shape index (κ3) is 1.81. The van der Waals surface area contributed by atoms with Gasteiger partial charge in [-0.2, -0.15) is 0 Å². The van der Waals surface area contributed by atoms with Crippen LogP contribution < -0.4 is 11.1 Å². The first-order valence-electron chi connectivity index (χ1n) is 6.85. The molecule has 0 amide bonds. The fourth-order valence-corrected chi connectivity index (χ4v) is 3.40. The summed E-state index contributed by atoms with van der Waals surface area (Å²) < 4.78 is 1.04. The summed E-state index contributed by atoms with van der Waals surface area (Å²) in [6, 6.07) is 6.50. The average molecular weight is 334 g/mol. The Balaban J connectivity index is 2.08. The number of nitrogens with two attached hydrogens (primary N) is 1. The first-order valence-corrected chi connectivity index (χ1v) is 7.65. The van der Waals surface area contributed by atoms with Gasteiger partial charge in [-0.3, -0.25) is 4.98 Å². The highest BCUT2D eigenvalue weighted by Crippen LogP contribution is 2.64. The summed E-state index contributed by atoms with van der Waals surface area (Å²) in [5.74, 6) is 0. The van der Waals surface area contributed by atoms with Gasteiger partial charge in [0, 0.05) is 15.9 Å². The molecule has 1 heterocycles. The second-order valence-electron chi connectivity index (χ2n) is 6.77. The van der Waals surface area contributed by atoms with Crippen molar-refractivity contribution in [3.63, 3.8) is 0 Å². The molecule has 1 aromatic carbocycles. The van der Waals surface area contributed by atoms with Crippen molar-refractivity contribution < 1.29 is 0 Å². The summed E-state index contributed by atoms with van der Waals surface area (Å²) in [7, 11) is 0. The number of anilines is 2. The summed E-state index contributed by atoms with van der Waals surface area (Å²) in [5, 5.41) is 4.72. The van der Waals surface area contributed by atoms with E-state index in [-0.39, 0.29) is 10.8 Å². The Morgan fingerprint density at radius 1 is 1.20 bits per heavy atom. The molecule has 0 aliphatic heterocycles. The molecule has 4 heteroatoms. The van der Waals surface area contributed by atoms with Gasteiger partial charge in [-0.05, 0) is 29.0 Å². The number of hydrogen-bond donors (Lipinski definition) is 2. The predicted molar refractivity (Wildman–Crippen MR) is 88.8 cm³/mol. The Hall–Kier alpha value is -1.29. The van der Waals surface area contributed by atoms with Crippen LogP contribution in [0.5, 0.6) is 0 Å². The van der Waals surface area contributed by atoms with Crippen LogP contribution in [0.2, 0.25) is 0 Å². The maximum absolute atomic E-state index is 6.15. The van der Waals surface area contributed by atoms with Crippen LogP contribution in [0.4, 0.5) is 11.4 Å². The molecule has 20 heavy (non-hydrogen) atoms. The minimum atomic E-state index is 0.265. The number of rotatable bonds is 2. The smallest absolute Gasteiger partial charge is 0.0743 e. The Kier molecular flexibility index (Phi) is 2.81. The number of nitrogens with zero attached hydrogens (tertiary/aromatic N) is 1. The number of pyridine rings is 1. The van der Waals surface area contributed by atoms with Crippen LogP contribution in [0.15, 0.2) is 28.9 Å². The van der Waals surface area contributed by atoms with Crippen LogP contribution in [0.1, 0.15) is 27.7 Å². The van der Waals surface area contributed by atoms with E-state index < -0.39 is 0 Å². The number of aromatic nitrogens is 1. The van der Waals surface area contributed by atoms with Crippen LogP contribution in [0, 0.1) is 10.8 Å². The van der Waals surface area contributed by atoms with E-state index in [4.69, 9.17) is 5.73 Å². The summed E-state index contributed by atoms with van der Waals surface area (Å²) in [4.78, 5) is 4.40. The molecule has 0 spiro atoms. The summed E-state index contributed by atoms with van der Waals surface area (Å²) in [5.41, 5.74) is 9.34. The molecule has 1 aliphatic carbocycles. The van der Waals surface area contributed by atoms with Crippen LogP contribution in [-0.2, 0) is 0 Å². The largest absolute Gasteiger partial charge is 0.396 e. The molecule has 1 saturated carbocycles. The van der Waals surface area contributed by atoms with Gasteiger partial charge in [0.05, 0.1) is 23.1 Å². The first-order chi connectivity index (χ1) is 9.25. The molecule has 0 saturated heterocycles. The average Bonchev–Trinajstić information content (AvgIpc) is 2.74. The lowest BCUT2D eigenvalue weighted by atomic mass is 10.0. The molecule has 0 radical (unpaired) electrons. The van der Waals surface area contributed by atoms with E-state index in [0.29, 0.717) is 11.7 Å². The number of fused-ring (bicyclic) bond motifs is 1. The Labute approximate surface area is 128 Å². The number of nitrogen functional groups attached to an aromatic ring is 1. The van der Waals surface area contributed by atoms with E-state index in [9.17, 15) is 0 Å². The highest BCUT2D eigenvalue weighted by atomic mass is 79.9. The van der Waals surface area contributed by atoms with Gasteiger partial charge < -0.3 is 11.1 Å². The summed E-state index contributed by atoms with van der Waals surface area (Å²) in [6.07, 6.45) is 1.74. The Morgan fingerprint density at radius 3 is 2.45 bits per heavy atom. The molecule has 0 unspecified atom stereocenters. The lowest BCUT2D eigenvalue weighted by Gasteiger charge is -2.14. The molecule has 0 atom stereocenters. The van der Waals surface area contributed by atoms with E-state index in [1.807, 2.05) is 12.1 Å². The standard InChI is InChI=1S/C16H20BrN3/c1-15(2)14(16(15,3)4)20-13-10-7-9(17)5-6-12(10)19-8-11(13)18/h5-8,14H,18H2,1-4H3,(H,19,20). The fourth-order valence-electron chi connectivity index (χ4n) is 3.04. The fraction of sp³-hybridized carbons (Fsp3) is 0.438. The third-order valence-corrected chi connectivity index (χ3v) is 5.66. The topological polar surface area (TPSA) is 50.9 Å². The van der Waals surface area contributed by atoms with Crippen molar-refractivity contribution in [3.8, 4) is 0 Å². The summed E-state index contributed by atoms with van der Waals surface area (Å²) in [6.45, 7) is 9.17. The maximum atomic E-state index is 6.15. The number of halogens is 1. The maximum Gasteiger partial charge on any atom is 0.0743 e. The zero-order valence-electron chi connectivity index (χ0n) is 12.3. The van der Waals surface area contributed by atoms with Gasteiger partial charge in [-0.1, -0.05) is 43.6 Å². The van der Waals surface area contributed by atoms with Crippen molar-refractivity contribution in [2.45, 2.75) is 33.7 Å². The number of nitrogens with one attached hydrogen (secondary N) is 1. The Morgan fingerprint density at radius 2 is 1.85 bits per heavy atom. The molecule has 3 rings (SSSR count). The van der Waals surface area contributed by atoms with Crippen molar-refractivity contribution in [2.75, 3.05) is 11.1 Å². The van der Waals surface area contributed by atoms with E-state index in [0.717, 1.165) is 21.1 Å².